The van der Waals surface area contributed by atoms with Gasteiger partial charge >= 0.3 is 0 Å². The molecule has 0 aliphatic rings. The Hall–Kier alpha value is -1.15. The fourth-order valence-electron chi connectivity index (χ4n) is 1.80. The van der Waals surface area contributed by atoms with Crippen molar-refractivity contribution < 1.29 is 4.39 Å². The third kappa shape index (κ3) is 3.46. The van der Waals surface area contributed by atoms with Gasteiger partial charge in [0.2, 0.25) is 0 Å². The summed E-state index contributed by atoms with van der Waals surface area (Å²) in [6.45, 7) is 9.06. The molecular formula is C14H20FN. The molecule has 0 aliphatic carbocycles. The Balaban J connectivity index is 3.05. The van der Waals surface area contributed by atoms with Gasteiger partial charge in [-0.2, -0.15) is 0 Å². The summed E-state index contributed by atoms with van der Waals surface area (Å²) in [5, 5.41) is 3.39. The lowest BCUT2D eigenvalue weighted by Gasteiger charge is -2.17. The van der Waals surface area contributed by atoms with Crippen molar-refractivity contribution >= 4 is 0 Å². The normalized spacial score (nSPS) is 12.3. The first-order chi connectivity index (χ1) is 7.54. The van der Waals surface area contributed by atoms with Crippen LogP contribution in [0.1, 0.15) is 37.9 Å². The lowest BCUT2D eigenvalue weighted by Crippen LogP contribution is -2.20. The summed E-state index contributed by atoms with van der Waals surface area (Å²) in [4.78, 5) is 0. The molecule has 16 heavy (non-hydrogen) atoms. The molecule has 1 N–H and O–H groups in total. The fraction of sp³-hybridized carbons (Fsp3) is 0.429. The second-order valence-corrected chi connectivity index (χ2v) is 4.28. The number of benzene rings is 1. The predicted octanol–water partition coefficient (Wildman–Crippen LogP) is 3.75. The number of nitrogens with one attached hydrogen (secondary N) is 1. The van der Waals surface area contributed by atoms with Crippen LogP contribution >= 0.6 is 0 Å². The summed E-state index contributed by atoms with van der Waals surface area (Å²) in [5.74, 6) is -0.173. The van der Waals surface area contributed by atoms with E-state index in [0.29, 0.717) is 0 Å². The molecular weight excluding hydrogens is 201 g/mol. The van der Waals surface area contributed by atoms with Crippen molar-refractivity contribution in [2.24, 2.45) is 0 Å². The molecule has 88 valence electrons. The molecule has 1 nitrogen and oxygen atoms in total. The van der Waals surface area contributed by atoms with Gasteiger partial charge in [0.15, 0.2) is 0 Å². The van der Waals surface area contributed by atoms with Crippen LogP contribution in [0.2, 0.25) is 0 Å². The van der Waals surface area contributed by atoms with Crippen LogP contribution in [0.15, 0.2) is 29.8 Å². The first kappa shape index (κ1) is 12.9. The molecule has 1 unspecified atom stereocenters. The smallest absolute Gasteiger partial charge is 0.123 e. The molecule has 1 aromatic rings. The molecule has 0 radical (unpaired) electrons. The second-order valence-electron chi connectivity index (χ2n) is 4.28. The highest BCUT2D eigenvalue weighted by Crippen LogP contribution is 2.21. The zero-order valence-corrected chi connectivity index (χ0v) is 10.5. The van der Waals surface area contributed by atoms with Crippen LogP contribution in [0.5, 0.6) is 0 Å². The minimum Gasteiger partial charge on any atom is -0.307 e. The lowest BCUT2D eigenvalue weighted by atomic mass is 9.99. The van der Waals surface area contributed by atoms with E-state index in [0.717, 1.165) is 17.7 Å². The fourth-order valence-corrected chi connectivity index (χ4v) is 1.80. The SMILES string of the molecule is CCNC(C=C(C)C)c1ccc(F)cc1C. The Kier molecular flexibility index (Phi) is 4.69. The zero-order valence-electron chi connectivity index (χ0n) is 10.5. The van der Waals surface area contributed by atoms with E-state index in [1.54, 1.807) is 6.07 Å². The van der Waals surface area contributed by atoms with E-state index in [1.165, 1.54) is 11.6 Å². The van der Waals surface area contributed by atoms with Crippen LogP contribution in [0.3, 0.4) is 0 Å². The monoisotopic (exact) mass is 221 g/mol. The maximum Gasteiger partial charge on any atom is 0.123 e. The summed E-state index contributed by atoms with van der Waals surface area (Å²) in [6, 6.07) is 5.14. The van der Waals surface area contributed by atoms with E-state index in [2.05, 4.69) is 32.2 Å². The van der Waals surface area contributed by atoms with Gasteiger partial charge in [-0.05, 0) is 50.6 Å². The lowest BCUT2D eigenvalue weighted by molar-refractivity contribution is 0.615. The van der Waals surface area contributed by atoms with E-state index in [-0.39, 0.29) is 11.9 Å². The third-order valence-corrected chi connectivity index (χ3v) is 2.49. The third-order valence-electron chi connectivity index (χ3n) is 2.49. The largest absolute Gasteiger partial charge is 0.307 e. The van der Waals surface area contributed by atoms with Crippen LogP contribution in [-0.2, 0) is 0 Å². The Morgan fingerprint density at radius 2 is 2.12 bits per heavy atom. The number of aryl methyl sites for hydroxylation is 1. The summed E-state index contributed by atoms with van der Waals surface area (Å²) in [7, 11) is 0. The molecule has 0 bridgehead atoms. The summed E-state index contributed by atoms with van der Waals surface area (Å²) in [6.07, 6.45) is 2.17. The van der Waals surface area contributed by atoms with Crippen LogP contribution in [0.4, 0.5) is 4.39 Å². The highest BCUT2D eigenvalue weighted by Gasteiger charge is 2.10. The quantitative estimate of drug-likeness (QED) is 0.763. The van der Waals surface area contributed by atoms with Crippen LogP contribution in [-0.4, -0.2) is 6.54 Å². The topological polar surface area (TPSA) is 12.0 Å². The number of likely N-dealkylation sites (N-methyl/N-ethyl adjacent to an activating group) is 1. The van der Waals surface area contributed by atoms with Crippen molar-refractivity contribution in [3.05, 3.63) is 46.8 Å². The number of halogens is 1. The van der Waals surface area contributed by atoms with Crippen molar-refractivity contribution in [3.63, 3.8) is 0 Å². The van der Waals surface area contributed by atoms with Crippen molar-refractivity contribution in [1.82, 2.24) is 5.32 Å². The van der Waals surface area contributed by atoms with Gasteiger partial charge in [0.05, 0.1) is 6.04 Å². The molecule has 0 spiro atoms. The van der Waals surface area contributed by atoms with Crippen LogP contribution in [0, 0.1) is 12.7 Å². The van der Waals surface area contributed by atoms with E-state index in [1.807, 2.05) is 13.0 Å². The van der Waals surface area contributed by atoms with Crippen molar-refractivity contribution in [1.29, 1.82) is 0 Å². The second kappa shape index (κ2) is 5.80. The van der Waals surface area contributed by atoms with Crippen molar-refractivity contribution in [3.8, 4) is 0 Å². The summed E-state index contributed by atoms with van der Waals surface area (Å²) in [5.41, 5.74) is 3.39. The van der Waals surface area contributed by atoms with Gasteiger partial charge in [0.25, 0.3) is 0 Å². The molecule has 0 saturated carbocycles. The highest BCUT2D eigenvalue weighted by atomic mass is 19.1. The van der Waals surface area contributed by atoms with E-state index in [4.69, 9.17) is 0 Å². The maximum absolute atomic E-state index is 13.0. The Labute approximate surface area is 97.4 Å². The number of allylic oxidation sites excluding steroid dienone is 1. The zero-order chi connectivity index (χ0) is 12.1. The minimum atomic E-state index is -0.173. The minimum absolute atomic E-state index is 0.173. The molecule has 1 aromatic carbocycles. The van der Waals surface area contributed by atoms with Crippen LogP contribution < -0.4 is 5.32 Å². The Bertz CT molecular complexity index is 378. The molecule has 0 aliphatic heterocycles. The maximum atomic E-state index is 13.0. The molecule has 1 atom stereocenters. The summed E-state index contributed by atoms with van der Waals surface area (Å²) >= 11 is 0. The molecule has 0 amide bonds. The molecule has 1 rings (SSSR count). The van der Waals surface area contributed by atoms with Gasteiger partial charge in [0, 0.05) is 0 Å². The van der Waals surface area contributed by atoms with Gasteiger partial charge in [-0.25, -0.2) is 4.39 Å². The van der Waals surface area contributed by atoms with Gasteiger partial charge in [-0.15, -0.1) is 0 Å². The Morgan fingerprint density at radius 3 is 2.62 bits per heavy atom. The van der Waals surface area contributed by atoms with E-state index in [9.17, 15) is 4.39 Å². The first-order valence-corrected chi connectivity index (χ1v) is 5.69. The number of rotatable bonds is 4. The van der Waals surface area contributed by atoms with Gasteiger partial charge in [-0.1, -0.05) is 24.6 Å². The first-order valence-electron chi connectivity index (χ1n) is 5.69. The highest BCUT2D eigenvalue weighted by molar-refractivity contribution is 5.32. The van der Waals surface area contributed by atoms with Gasteiger partial charge in [-0.3, -0.25) is 0 Å². The van der Waals surface area contributed by atoms with E-state index >= 15 is 0 Å². The average molecular weight is 221 g/mol. The number of hydrogen-bond donors (Lipinski definition) is 1. The van der Waals surface area contributed by atoms with Gasteiger partial charge in [0.1, 0.15) is 5.82 Å². The molecule has 0 heterocycles. The average Bonchev–Trinajstić information content (AvgIpc) is 2.16. The number of hydrogen-bond acceptors (Lipinski definition) is 1. The summed E-state index contributed by atoms with van der Waals surface area (Å²) < 4.78 is 13.0. The Morgan fingerprint density at radius 1 is 1.44 bits per heavy atom. The van der Waals surface area contributed by atoms with Gasteiger partial charge < -0.3 is 5.32 Å². The molecule has 2 heteroatoms. The molecule has 0 fully saturated rings. The van der Waals surface area contributed by atoms with Crippen LogP contribution in [0.25, 0.3) is 0 Å². The van der Waals surface area contributed by atoms with E-state index < -0.39 is 0 Å². The molecule has 0 saturated heterocycles. The van der Waals surface area contributed by atoms with Crippen molar-refractivity contribution in [2.45, 2.75) is 33.7 Å². The molecule has 0 aromatic heterocycles. The van der Waals surface area contributed by atoms with Crippen molar-refractivity contribution in [2.75, 3.05) is 6.54 Å². The predicted molar refractivity (Wildman–Crippen MR) is 67.0 cm³/mol. The standard InChI is InChI=1S/C14H20FN/c1-5-16-14(8-10(2)3)13-7-6-12(15)9-11(13)4/h6-9,14,16H,5H2,1-4H3.